The topological polar surface area (TPSA) is 91.2 Å². The maximum atomic E-state index is 12.2. The highest BCUT2D eigenvalue weighted by atomic mass is 32.1. The number of aliphatic hydroxyl groups is 1. The molecule has 128 valence electrons. The van der Waals surface area contributed by atoms with Crippen LogP contribution in [0.25, 0.3) is 10.2 Å². The number of pyridine rings is 1. The fourth-order valence-electron chi connectivity index (χ4n) is 3.06. The minimum Gasteiger partial charge on any atom is -0.389 e. The predicted octanol–water partition coefficient (Wildman–Crippen LogP) is 1.46. The SMILES string of the molecule is O=C(N[C@@H]1CCN(c2ncnc3sccc23)C[C@H]1O)c1ccccn1. The van der Waals surface area contributed by atoms with E-state index < -0.39 is 6.10 Å². The van der Waals surface area contributed by atoms with Gasteiger partial charge >= 0.3 is 0 Å². The zero-order valence-electron chi connectivity index (χ0n) is 13.4. The molecule has 1 aliphatic heterocycles. The second-order valence-corrected chi connectivity index (χ2v) is 6.83. The summed E-state index contributed by atoms with van der Waals surface area (Å²) in [5, 5.41) is 16.4. The first kappa shape index (κ1) is 15.9. The van der Waals surface area contributed by atoms with Crippen LogP contribution in [0.4, 0.5) is 5.82 Å². The van der Waals surface area contributed by atoms with Gasteiger partial charge < -0.3 is 15.3 Å². The summed E-state index contributed by atoms with van der Waals surface area (Å²) in [4.78, 5) is 27.9. The molecule has 0 saturated carbocycles. The van der Waals surface area contributed by atoms with E-state index in [1.54, 1.807) is 42.1 Å². The number of piperidine rings is 1. The molecule has 1 aliphatic rings. The third-order valence-electron chi connectivity index (χ3n) is 4.34. The number of thiophene rings is 1. The van der Waals surface area contributed by atoms with E-state index in [4.69, 9.17) is 0 Å². The number of carbonyl (C=O) groups excluding carboxylic acids is 1. The van der Waals surface area contributed by atoms with E-state index in [1.807, 2.05) is 16.3 Å². The number of hydrogen-bond acceptors (Lipinski definition) is 7. The van der Waals surface area contributed by atoms with Crippen LogP contribution < -0.4 is 10.2 Å². The van der Waals surface area contributed by atoms with Gasteiger partial charge in [0.05, 0.1) is 17.5 Å². The highest BCUT2D eigenvalue weighted by molar-refractivity contribution is 7.16. The quantitative estimate of drug-likeness (QED) is 0.739. The van der Waals surface area contributed by atoms with Gasteiger partial charge in [-0.05, 0) is 30.0 Å². The summed E-state index contributed by atoms with van der Waals surface area (Å²) in [5.74, 6) is 0.570. The van der Waals surface area contributed by atoms with Crippen molar-refractivity contribution in [1.29, 1.82) is 0 Å². The smallest absolute Gasteiger partial charge is 0.270 e. The monoisotopic (exact) mass is 355 g/mol. The van der Waals surface area contributed by atoms with Crippen LogP contribution in [0.15, 0.2) is 42.2 Å². The fraction of sp³-hybridized carbons (Fsp3) is 0.294. The molecule has 1 saturated heterocycles. The summed E-state index contributed by atoms with van der Waals surface area (Å²) in [6.07, 6.45) is 3.09. The second-order valence-electron chi connectivity index (χ2n) is 5.93. The minimum atomic E-state index is -0.676. The number of β-amino-alcohol motifs (C(OH)–C–C–N with tert-alkyl or cyclic N) is 1. The van der Waals surface area contributed by atoms with E-state index in [1.165, 1.54) is 0 Å². The van der Waals surface area contributed by atoms with Gasteiger partial charge in [0, 0.05) is 19.3 Å². The number of nitrogens with one attached hydrogen (secondary N) is 1. The summed E-state index contributed by atoms with van der Waals surface area (Å²) in [6, 6.07) is 6.88. The van der Waals surface area contributed by atoms with Crippen LogP contribution in [0.3, 0.4) is 0 Å². The van der Waals surface area contributed by atoms with E-state index in [0.29, 0.717) is 25.2 Å². The van der Waals surface area contributed by atoms with Crippen molar-refractivity contribution in [2.75, 3.05) is 18.0 Å². The summed E-state index contributed by atoms with van der Waals surface area (Å²) >= 11 is 1.57. The fourth-order valence-corrected chi connectivity index (χ4v) is 3.79. The molecule has 0 bridgehead atoms. The molecule has 0 radical (unpaired) electrons. The lowest BCUT2D eigenvalue weighted by atomic mass is 10.0. The van der Waals surface area contributed by atoms with Gasteiger partial charge in [-0.15, -0.1) is 11.3 Å². The van der Waals surface area contributed by atoms with Crippen molar-refractivity contribution in [3.05, 3.63) is 47.9 Å². The Morgan fingerprint density at radius 1 is 1.28 bits per heavy atom. The van der Waals surface area contributed by atoms with Gasteiger partial charge in [0.2, 0.25) is 0 Å². The van der Waals surface area contributed by atoms with Gasteiger partial charge in [0.1, 0.15) is 22.7 Å². The zero-order valence-corrected chi connectivity index (χ0v) is 14.2. The molecule has 3 aromatic rings. The molecule has 0 unspecified atom stereocenters. The second kappa shape index (κ2) is 6.73. The first-order chi connectivity index (χ1) is 12.2. The number of aromatic nitrogens is 3. The Bertz CT molecular complexity index is 885. The molecular weight excluding hydrogens is 338 g/mol. The molecule has 4 rings (SSSR count). The van der Waals surface area contributed by atoms with Crippen molar-refractivity contribution >= 4 is 33.3 Å². The van der Waals surface area contributed by atoms with Gasteiger partial charge in [-0.25, -0.2) is 9.97 Å². The lowest BCUT2D eigenvalue weighted by Crippen LogP contribution is -2.54. The number of hydrogen-bond donors (Lipinski definition) is 2. The Balaban J connectivity index is 1.46. The van der Waals surface area contributed by atoms with Crippen molar-refractivity contribution in [2.24, 2.45) is 0 Å². The summed E-state index contributed by atoms with van der Waals surface area (Å²) in [5.41, 5.74) is 0.355. The van der Waals surface area contributed by atoms with Crippen LogP contribution in [-0.4, -0.2) is 51.2 Å². The molecule has 0 aromatic carbocycles. The number of nitrogens with zero attached hydrogens (tertiary/aromatic N) is 4. The number of carbonyl (C=O) groups is 1. The van der Waals surface area contributed by atoms with Crippen molar-refractivity contribution in [1.82, 2.24) is 20.3 Å². The van der Waals surface area contributed by atoms with E-state index in [2.05, 4.69) is 20.3 Å². The highest BCUT2D eigenvalue weighted by Gasteiger charge is 2.30. The molecule has 0 spiro atoms. The summed E-state index contributed by atoms with van der Waals surface area (Å²) < 4.78 is 0. The lowest BCUT2D eigenvalue weighted by Gasteiger charge is -2.37. The molecule has 4 heterocycles. The van der Waals surface area contributed by atoms with Crippen LogP contribution in [0.5, 0.6) is 0 Å². The van der Waals surface area contributed by atoms with E-state index in [0.717, 1.165) is 16.0 Å². The standard InChI is InChI=1S/C17H17N5O2S/c23-14-9-22(15-11-5-8-25-17(11)20-10-19-15)7-4-12(14)21-16(24)13-3-1-2-6-18-13/h1-3,5-6,8,10,12,14,23H,4,7,9H2,(H,21,24)/t12-,14-/m1/s1. The van der Waals surface area contributed by atoms with E-state index >= 15 is 0 Å². The van der Waals surface area contributed by atoms with Crippen molar-refractivity contribution in [3.63, 3.8) is 0 Å². The Labute approximate surface area is 148 Å². The molecule has 7 nitrogen and oxygen atoms in total. The normalized spacial score (nSPS) is 20.6. The average molecular weight is 355 g/mol. The largest absolute Gasteiger partial charge is 0.389 e. The lowest BCUT2D eigenvalue weighted by molar-refractivity contribution is 0.0793. The average Bonchev–Trinajstić information content (AvgIpc) is 3.13. The third-order valence-corrected chi connectivity index (χ3v) is 5.16. The highest BCUT2D eigenvalue weighted by Crippen LogP contribution is 2.28. The Kier molecular flexibility index (Phi) is 4.29. The van der Waals surface area contributed by atoms with Crippen molar-refractivity contribution < 1.29 is 9.90 Å². The van der Waals surface area contributed by atoms with Crippen LogP contribution in [0.1, 0.15) is 16.9 Å². The van der Waals surface area contributed by atoms with Gasteiger partial charge in [-0.1, -0.05) is 6.07 Å². The van der Waals surface area contributed by atoms with Crippen molar-refractivity contribution in [2.45, 2.75) is 18.6 Å². The molecule has 1 fully saturated rings. The van der Waals surface area contributed by atoms with Crippen LogP contribution in [0, 0.1) is 0 Å². The van der Waals surface area contributed by atoms with Gasteiger partial charge in [-0.2, -0.15) is 0 Å². The Morgan fingerprint density at radius 2 is 2.20 bits per heavy atom. The van der Waals surface area contributed by atoms with Crippen LogP contribution in [0.2, 0.25) is 0 Å². The van der Waals surface area contributed by atoms with Crippen LogP contribution in [-0.2, 0) is 0 Å². The number of anilines is 1. The maximum Gasteiger partial charge on any atom is 0.270 e. The van der Waals surface area contributed by atoms with E-state index in [9.17, 15) is 9.90 Å². The number of rotatable bonds is 3. The van der Waals surface area contributed by atoms with Gasteiger partial charge in [-0.3, -0.25) is 9.78 Å². The molecule has 1 amide bonds. The molecular formula is C17H17N5O2S. The number of amides is 1. The number of aliphatic hydroxyl groups excluding tert-OH is 1. The van der Waals surface area contributed by atoms with Gasteiger partial charge in [0.25, 0.3) is 5.91 Å². The summed E-state index contributed by atoms with van der Waals surface area (Å²) in [7, 11) is 0. The first-order valence-electron chi connectivity index (χ1n) is 8.05. The van der Waals surface area contributed by atoms with E-state index in [-0.39, 0.29) is 11.9 Å². The van der Waals surface area contributed by atoms with Crippen molar-refractivity contribution in [3.8, 4) is 0 Å². The molecule has 3 aromatic heterocycles. The molecule has 0 aliphatic carbocycles. The molecule has 2 atom stereocenters. The molecule has 25 heavy (non-hydrogen) atoms. The minimum absolute atomic E-state index is 0.264. The first-order valence-corrected chi connectivity index (χ1v) is 8.93. The summed E-state index contributed by atoms with van der Waals surface area (Å²) in [6.45, 7) is 1.11. The van der Waals surface area contributed by atoms with Gasteiger partial charge in [0.15, 0.2) is 0 Å². The molecule has 8 heteroatoms. The number of fused-ring (bicyclic) bond motifs is 1. The Hall–Kier alpha value is -2.58. The Morgan fingerprint density at radius 3 is 3.00 bits per heavy atom. The molecule has 2 N–H and O–H groups in total. The third kappa shape index (κ3) is 3.18. The predicted molar refractivity (Wildman–Crippen MR) is 95.7 cm³/mol. The zero-order chi connectivity index (χ0) is 17.2. The van der Waals surface area contributed by atoms with Crippen LogP contribution >= 0.6 is 11.3 Å². The maximum absolute atomic E-state index is 12.2.